The van der Waals surface area contributed by atoms with Gasteiger partial charge in [0.15, 0.2) is 10.3 Å². The monoisotopic (exact) mass is 471 g/mol. The van der Waals surface area contributed by atoms with Crippen molar-refractivity contribution < 1.29 is 14.3 Å². The number of aromatic nitrogens is 4. The SMILES string of the molecule is CCC(C(=O)Nc1nc(C)c(C(=O)OCc2ccccc2)s1)n1c(N)nnc1SCC#N. The zero-order valence-electron chi connectivity index (χ0n) is 17.4. The quantitative estimate of drug-likeness (QED) is 0.354. The molecule has 0 saturated heterocycles. The lowest BCUT2D eigenvalue weighted by Gasteiger charge is -2.17. The van der Waals surface area contributed by atoms with Crippen LogP contribution < -0.4 is 11.1 Å². The third-order valence-corrected chi connectivity index (χ3v) is 6.25. The molecule has 0 radical (unpaired) electrons. The van der Waals surface area contributed by atoms with Gasteiger partial charge in [0, 0.05) is 0 Å². The molecule has 2 aromatic heterocycles. The first-order chi connectivity index (χ1) is 15.4. The van der Waals surface area contributed by atoms with Crippen LogP contribution in [0.4, 0.5) is 11.1 Å². The second-order valence-electron chi connectivity index (χ2n) is 6.57. The van der Waals surface area contributed by atoms with Crippen LogP contribution in [-0.4, -0.2) is 37.4 Å². The fourth-order valence-electron chi connectivity index (χ4n) is 2.88. The van der Waals surface area contributed by atoms with Crippen molar-refractivity contribution in [1.82, 2.24) is 19.7 Å². The molecule has 1 unspecified atom stereocenters. The molecule has 12 heteroatoms. The number of amides is 1. The number of carbonyl (C=O) groups excluding carboxylic acids is 2. The first-order valence-electron chi connectivity index (χ1n) is 9.64. The Morgan fingerprint density at radius 2 is 2.09 bits per heavy atom. The second-order valence-corrected chi connectivity index (χ2v) is 8.51. The molecule has 3 aromatic rings. The van der Waals surface area contributed by atoms with E-state index in [9.17, 15) is 9.59 Å². The van der Waals surface area contributed by atoms with Gasteiger partial charge in [0.1, 0.15) is 17.5 Å². The van der Waals surface area contributed by atoms with Gasteiger partial charge in [-0.15, -0.1) is 10.2 Å². The maximum Gasteiger partial charge on any atom is 0.350 e. The Bertz CT molecular complexity index is 1140. The summed E-state index contributed by atoms with van der Waals surface area (Å²) in [6, 6.07) is 10.6. The van der Waals surface area contributed by atoms with Gasteiger partial charge in [-0.25, -0.2) is 9.78 Å². The van der Waals surface area contributed by atoms with E-state index in [-0.39, 0.29) is 29.3 Å². The first-order valence-corrected chi connectivity index (χ1v) is 11.4. The molecule has 166 valence electrons. The molecular weight excluding hydrogens is 450 g/mol. The maximum absolute atomic E-state index is 13.0. The van der Waals surface area contributed by atoms with Crippen LogP contribution in [0, 0.1) is 18.3 Å². The van der Waals surface area contributed by atoms with Gasteiger partial charge < -0.3 is 15.8 Å². The number of aryl methyl sites for hydroxylation is 1. The molecule has 0 aliphatic carbocycles. The minimum Gasteiger partial charge on any atom is -0.457 e. The summed E-state index contributed by atoms with van der Waals surface area (Å²) in [7, 11) is 0. The first kappa shape index (κ1) is 23.2. The lowest BCUT2D eigenvalue weighted by Crippen LogP contribution is -2.27. The lowest BCUT2D eigenvalue weighted by atomic mass is 10.2. The highest BCUT2D eigenvalue weighted by Gasteiger charge is 2.26. The average molecular weight is 472 g/mol. The number of esters is 1. The molecule has 0 spiro atoms. The topological polar surface area (TPSA) is 149 Å². The summed E-state index contributed by atoms with van der Waals surface area (Å²) in [5, 5.41) is 20.0. The molecule has 2 heterocycles. The molecule has 0 aliphatic heterocycles. The zero-order valence-corrected chi connectivity index (χ0v) is 19.1. The Morgan fingerprint density at radius 1 is 1.34 bits per heavy atom. The third-order valence-electron chi connectivity index (χ3n) is 4.38. The molecule has 0 saturated carbocycles. The van der Waals surface area contributed by atoms with Crippen LogP contribution in [0.15, 0.2) is 35.5 Å². The molecule has 3 N–H and O–H groups in total. The molecule has 10 nitrogen and oxygen atoms in total. The van der Waals surface area contributed by atoms with Crippen molar-refractivity contribution in [2.75, 3.05) is 16.8 Å². The highest BCUT2D eigenvalue weighted by atomic mass is 32.2. The number of ether oxygens (including phenoxy) is 1. The van der Waals surface area contributed by atoms with Gasteiger partial charge in [-0.2, -0.15) is 5.26 Å². The summed E-state index contributed by atoms with van der Waals surface area (Å²) in [5.74, 6) is -0.658. The molecule has 0 aliphatic rings. The normalized spacial score (nSPS) is 11.5. The van der Waals surface area contributed by atoms with Gasteiger partial charge in [0.2, 0.25) is 11.9 Å². The second kappa shape index (κ2) is 10.7. The fraction of sp³-hybridized carbons (Fsp3) is 0.300. The number of nitrogens with one attached hydrogen (secondary N) is 1. The molecule has 3 rings (SSSR count). The van der Waals surface area contributed by atoms with E-state index in [0.29, 0.717) is 22.1 Å². The summed E-state index contributed by atoms with van der Waals surface area (Å²) in [6.45, 7) is 3.64. The number of carbonyl (C=O) groups is 2. The number of nitriles is 1. The Balaban J connectivity index is 1.70. The van der Waals surface area contributed by atoms with Gasteiger partial charge in [0.25, 0.3) is 0 Å². The molecule has 1 atom stereocenters. The van der Waals surface area contributed by atoms with Crippen LogP contribution in [0.1, 0.15) is 40.3 Å². The maximum atomic E-state index is 13.0. The number of anilines is 2. The van der Waals surface area contributed by atoms with Crippen LogP contribution in [0.5, 0.6) is 0 Å². The summed E-state index contributed by atoms with van der Waals surface area (Å²) in [5.41, 5.74) is 7.25. The Kier molecular flexibility index (Phi) is 7.80. The van der Waals surface area contributed by atoms with Gasteiger partial charge >= 0.3 is 5.97 Å². The van der Waals surface area contributed by atoms with Gasteiger partial charge in [-0.3, -0.25) is 9.36 Å². The van der Waals surface area contributed by atoms with E-state index >= 15 is 0 Å². The number of nitrogens with zero attached hydrogens (tertiary/aromatic N) is 5. The van der Waals surface area contributed by atoms with E-state index in [2.05, 4.69) is 20.5 Å². The van der Waals surface area contributed by atoms with Crippen molar-refractivity contribution in [2.24, 2.45) is 0 Å². The van der Waals surface area contributed by atoms with E-state index in [0.717, 1.165) is 28.7 Å². The average Bonchev–Trinajstić information content (AvgIpc) is 3.34. The van der Waals surface area contributed by atoms with E-state index in [1.54, 1.807) is 6.92 Å². The van der Waals surface area contributed by atoms with Crippen molar-refractivity contribution >= 4 is 46.1 Å². The summed E-state index contributed by atoms with van der Waals surface area (Å²) in [4.78, 5) is 30.0. The summed E-state index contributed by atoms with van der Waals surface area (Å²) < 4.78 is 6.86. The minimum absolute atomic E-state index is 0.0768. The van der Waals surface area contributed by atoms with Crippen LogP contribution in [0.25, 0.3) is 0 Å². The summed E-state index contributed by atoms with van der Waals surface area (Å²) in [6.07, 6.45) is 0.407. The van der Waals surface area contributed by atoms with Crippen molar-refractivity contribution in [3.8, 4) is 6.07 Å². The molecule has 0 fully saturated rings. The number of benzene rings is 1. The highest BCUT2D eigenvalue weighted by Crippen LogP contribution is 2.28. The van der Waals surface area contributed by atoms with Gasteiger partial charge in [-0.1, -0.05) is 60.4 Å². The van der Waals surface area contributed by atoms with E-state index in [1.165, 1.54) is 4.57 Å². The predicted octanol–water partition coefficient (Wildman–Crippen LogP) is 3.19. The van der Waals surface area contributed by atoms with Crippen molar-refractivity contribution in [3.05, 3.63) is 46.5 Å². The smallest absolute Gasteiger partial charge is 0.350 e. The number of thioether (sulfide) groups is 1. The van der Waals surface area contributed by atoms with E-state index in [1.807, 2.05) is 43.3 Å². The Labute approximate surface area is 192 Å². The molecular formula is C20H21N7O3S2. The predicted molar refractivity (Wildman–Crippen MR) is 121 cm³/mol. The zero-order chi connectivity index (χ0) is 23.1. The van der Waals surface area contributed by atoms with E-state index in [4.69, 9.17) is 15.7 Å². The third kappa shape index (κ3) is 5.43. The standard InChI is InChI=1S/C20H21N7O3S2/c1-3-14(27-18(22)25-26-20(27)31-10-9-21)16(28)24-19-23-12(2)15(32-19)17(29)30-11-13-7-5-4-6-8-13/h4-8,14H,3,10-11H2,1-2H3,(H2,22,25)(H,23,24,28). The molecule has 32 heavy (non-hydrogen) atoms. The van der Waals surface area contributed by atoms with Crippen LogP contribution in [-0.2, 0) is 16.1 Å². The number of hydrogen-bond acceptors (Lipinski definition) is 10. The Hall–Kier alpha value is -3.43. The highest BCUT2D eigenvalue weighted by molar-refractivity contribution is 7.99. The van der Waals surface area contributed by atoms with Crippen LogP contribution in [0.3, 0.4) is 0 Å². The van der Waals surface area contributed by atoms with Gasteiger partial charge in [0.05, 0.1) is 17.5 Å². The number of hydrogen-bond donors (Lipinski definition) is 2. The molecule has 1 aromatic carbocycles. The molecule has 1 amide bonds. The number of thiazole rings is 1. The number of nitrogens with two attached hydrogens (primary N) is 1. The van der Waals surface area contributed by atoms with E-state index < -0.39 is 12.0 Å². The largest absolute Gasteiger partial charge is 0.457 e. The lowest BCUT2D eigenvalue weighted by molar-refractivity contribution is -0.119. The van der Waals surface area contributed by atoms with Crippen LogP contribution in [0.2, 0.25) is 0 Å². The van der Waals surface area contributed by atoms with Crippen LogP contribution >= 0.6 is 23.1 Å². The van der Waals surface area contributed by atoms with Gasteiger partial charge in [-0.05, 0) is 18.9 Å². The minimum atomic E-state index is -0.705. The Morgan fingerprint density at radius 3 is 2.78 bits per heavy atom. The van der Waals surface area contributed by atoms with Crippen molar-refractivity contribution in [2.45, 2.75) is 38.1 Å². The summed E-state index contributed by atoms with van der Waals surface area (Å²) >= 11 is 2.18. The number of rotatable bonds is 9. The molecule has 0 bridgehead atoms. The number of nitrogen functional groups attached to an aromatic ring is 1. The van der Waals surface area contributed by atoms with Crippen molar-refractivity contribution in [1.29, 1.82) is 5.26 Å². The van der Waals surface area contributed by atoms with Crippen molar-refractivity contribution in [3.63, 3.8) is 0 Å². The fourth-order valence-corrected chi connectivity index (χ4v) is 4.39.